The van der Waals surface area contributed by atoms with Crippen molar-refractivity contribution in [3.63, 3.8) is 0 Å². The molecule has 4 rings (SSSR count). The van der Waals surface area contributed by atoms with E-state index in [9.17, 15) is 14.4 Å². The molecule has 2 fully saturated rings. The number of hydrogen-bond acceptors (Lipinski definition) is 4. The van der Waals surface area contributed by atoms with Crippen LogP contribution in [0.3, 0.4) is 0 Å². The normalized spacial score (nSPS) is 18.9. The van der Waals surface area contributed by atoms with Gasteiger partial charge in [0, 0.05) is 32.5 Å². The van der Waals surface area contributed by atoms with Crippen molar-refractivity contribution in [1.29, 1.82) is 0 Å². The number of piperidine rings is 1. The Morgan fingerprint density at radius 2 is 1.93 bits per heavy atom. The zero-order valence-corrected chi connectivity index (χ0v) is 16.9. The van der Waals surface area contributed by atoms with Gasteiger partial charge in [0.1, 0.15) is 11.4 Å². The van der Waals surface area contributed by atoms with Crippen LogP contribution in [-0.4, -0.2) is 62.8 Å². The zero-order valence-electron chi connectivity index (χ0n) is 16.9. The van der Waals surface area contributed by atoms with Gasteiger partial charge in [0.25, 0.3) is 5.91 Å². The van der Waals surface area contributed by atoms with Crippen molar-refractivity contribution >= 4 is 28.9 Å². The van der Waals surface area contributed by atoms with Crippen molar-refractivity contribution in [2.24, 2.45) is 5.92 Å². The molecular weight excluding hydrogens is 370 g/mol. The van der Waals surface area contributed by atoms with Gasteiger partial charge in [-0.3, -0.25) is 14.9 Å². The first-order valence-electron chi connectivity index (χ1n) is 10.2. The highest BCUT2D eigenvalue weighted by Crippen LogP contribution is 2.34. The molecule has 154 valence electrons. The van der Waals surface area contributed by atoms with Crippen LogP contribution in [0.4, 0.5) is 4.79 Å². The van der Waals surface area contributed by atoms with Gasteiger partial charge in [-0.05, 0) is 30.9 Å². The van der Waals surface area contributed by atoms with E-state index in [1.165, 1.54) is 0 Å². The van der Waals surface area contributed by atoms with Gasteiger partial charge in [0.05, 0.1) is 11.0 Å². The topological polar surface area (TPSA) is 98.4 Å². The Bertz CT molecular complexity index is 910. The summed E-state index contributed by atoms with van der Waals surface area (Å²) >= 11 is 0. The van der Waals surface area contributed by atoms with Crippen LogP contribution in [0.25, 0.3) is 11.0 Å². The Kier molecular flexibility index (Phi) is 5.02. The summed E-state index contributed by atoms with van der Waals surface area (Å²) < 4.78 is 0. The second-order valence-corrected chi connectivity index (χ2v) is 8.38. The number of likely N-dealkylation sites (tertiary alicyclic amines) is 1. The Morgan fingerprint density at radius 1 is 1.21 bits per heavy atom. The lowest BCUT2D eigenvalue weighted by Gasteiger charge is -2.42. The molecule has 1 aromatic heterocycles. The largest absolute Gasteiger partial charge is 0.342 e. The first-order valence-corrected chi connectivity index (χ1v) is 10.2. The average molecular weight is 397 g/mol. The molecule has 0 bridgehead atoms. The molecule has 0 atom stereocenters. The first kappa shape index (κ1) is 19.4. The highest BCUT2D eigenvalue weighted by molar-refractivity contribution is 6.07. The molecule has 2 aliphatic rings. The number of benzene rings is 1. The van der Waals surface area contributed by atoms with Crippen LogP contribution in [0.2, 0.25) is 0 Å². The van der Waals surface area contributed by atoms with Crippen molar-refractivity contribution < 1.29 is 14.4 Å². The number of amides is 4. The number of nitrogens with zero attached hydrogens (tertiary/aromatic N) is 3. The van der Waals surface area contributed by atoms with Gasteiger partial charge in [-0.1, -0.05) is 26.0 Å². The maximum atomic E-state index is 12.7. The summed E-state index contributed by atoms with van der Waals surface area (Å²) in [5, 5.41) is 2.47. The molecular formula is C21H27N5O3. The third-order valence-corrected chi connectivity index (χ3v) is 5.91. The molecule has 2 aromatic rings. The van der Waals surface area contributed by atoms with E-state index in [2.05, 4.69) is 15.3 Å². The van der Waals surface area contributed by atoms with Gasteiger partial charge in [-0.2, -0.15) is 0 Å². The van der Waals surface area contributed by atoms with E-state index in [0.29, 0.717) is 45.3 Å². The third-order valence-electron chi connectivity index (χ3n) is 5.91. The SMILES string of the molecule is CC(C)CN1C(=O)NC(=O)C12CCN(C(=O)CCc1nc3ccccc3[nH]1)CC2. The fraction of sp³-hybridized carbons (Fsp3) is 0.524. The summed E-state index contributed by atoms with van der Waals surface area (Å²) in [6.45, 7) is 5.56. The molecule has 2 saturated heterocycles. The molecule has 29 heavy (non-hydrogen) atoms. The van der Waals surface area contributed by atoms with Gasteiger partial charge in [0.2, 0.25) is 5.91 Å². The van der Waals surface area contributed by atoms with Crippen molar-refractivity contribution in [3.8, 4) is 0 Å². The molecule has 0 radical (unpaired) electrons. The number of urea groups is 1. The summed E-state index contributed by atoms with van der Waals surface area (Å²) in [5.41, 5.74) is 1.06. The van der Waals surface area contributed by atoms with Gasteiger partial charge in [-0.15, -0.1) is 0 Å². The Balaban J connectivity index is 1.36. The molecule has 0 aliphatic carbocycles. The van der Waals surface area contributed by atoms with Crippen molar-refractivity contribution in [3.05, 3.63) is 30.1 Å². The Labute approximate surface area is 169 Å². The Hall–Kier alpha value is -2.90. The molecule has 2 N–H and O–H groups in total. The standard InChI is InChI=1S/C21H27N5O3/c1-14(2)13-26-20(29)24-19(28)21(26)9-11-25(12-10-21)18(27)8-7-17-22-15-5-3-4-6-16(15)23-17/h3-6,14H,7-13H2,1-2H3,(H,22,23)(H,24,28,29). The quantitative estimate of drug-likeness (QED) is 0.755. The second kappa shape index (κ2) is 7.50. The van der Waals surface area contributed by atoms with Crippen LogP contribution in [0.5, 0.6) is 0 Å². The van der Waals surface area contributed by atoms with Crippen LogP contribution in [0.15, 0.2) is 24.3 Å². The lowest BCUT2D eigenvalue weighted by atomic mass is 9.85. The minimum absolute atomic E-state index is 0.0560. The van der Waals surface area contributed by atoms with Crippen LogP contribution in [-0.2, 0) is 16.0 Å². The average Bonchev–Trinajstić information content (AvgIpc) is 3.21. The number of nitrogens with one attached hydrogen (secondary N) is 2. The van der Waals surface area contributed by atoms with E-state index < -0.39 is 5.54 Å². The summed E-state index contributed by atoms with van der Waals surface area (Å²) in [6.07, 6.45) is 1.88. The fourth-order valence-electron chi connectivity index (χ4n) is 4.35. The number of para-hydroxylation sites is 2. The molecule has 1 aromatic carbocycles. The van der Waals surface area contributed by atoms with Crippen molar-refractivity contribution in [1.82, 2.24) is 25.1 Å². The Morgan fingerprint density at radius 3 is 2.62 bits per heavy atom. The van der Waals surface area contributed by atoms with Crippen molar-refractivity contribution in [2.75, 3.05) is 19.6 Å². The van der Waals surface area contributed by atoms with Crippen LogP contribution >= 0.6 is 0 Å². The monoisotopic (exact) mass is 397 g/mol. The van der Waals surface area contributed by atoms with Crippen LogP contribution in [0, 0.1) is 5.92 Å². The molecule has 0 saturated carbocycles. The number of H-pyrrole nitrogens is 1. The van der Waals surface area contributed by atoms with Gasteiger partial charge >= 0.3 is 6.03 Å². The maximum absolute atomic E-state index is 12.7. The second-order valence-electron chi connectivity index (χ2n) is 8.38. The predicted molar refractivity (Wildman–Crippen MR) is 108 cm³/mol. The van der Waals surface area contributed by atoms with E-state index in [4.69, 9.17) is 0 Å². The smallest absolute Gasteiger partial charge is 0.325 e. The van der Waals surface area contributed by atoms with E-state index in [0.717, 1.165) is 16.9 Å². The number of fused-ring (bicyclic) bond motifs is 1. The number of carbonyl (C=O) groups excluding carboxylic acids is 3. The third kappa shape index (κ3) is 3.59. The molecule has 8 nitrogen and oxygen atoms in total. The maximum Gasteiger partial charge on any atom is 0.325 e. The predicted octanol–water partition coefficient (Wildman–Crippen LogP) is 2.06. The number of rotatable bonds is 5. The summed E-state index contributed by atoms with van der Waals surface area (Å²) in [6, 6.07) is 7.49. The van der Waals surface area contributed by atoms with Crippen LogP contribution < -0.4 is 5.32 Å². The minimum Gasteiger partial charge on any atom is -0.342 e. The zero-order chi connectivity index (χ0) is 20.6. The van der Waals surface area contributed by atoms with E-state index in [1.807, 2.05) is 38.1 Å². The number of imidazole rings is 1. The van der Waals surface area contributed by atoms with E-state index in [-0.39, 0.29) is 23.8 Å². The fourth-order valence-corrected chi connectivity index (χ4v) is 4.35. The lowest BCUT2D eigenvalue weighted by Crippen LogP contribution is -2.58. The van der Waals surface area contributed by atoms with Crippen LogP contribution in [0.1, 0.15) is 38.9 Å². The molecule has 2 aliphatic heterocycles. The van der Waals surface area contributed by atoms with Gasteiger partial charge < -0.3 is 14.8 Å². The minimum atomic E-state index is -0.809. The highest BCUT2D eigenvalue weighted by atomic mass is 16.2. The number of aromatic nitrogens is 2. The number of aromatic amines is 1. The summed E-state index contributed by atoms with van der Waals surface area (Å²) in [7, 11) is 0. The molecule has 3 heterocycles. The molecule has 1 spiro atoms. The van der Waals surface area contributed by atoms with Gasteiger partial charge in [0.15, 0.2) is 0 Å². The first-order chi connectivity index (χ1) is 13.9. The van der Waals surface area contributed by atoms with Crippen molar-refractivity contribution in [2.45, 2.75) is 45.1 Å². The molecule has 4 amide bonds. The lowest BCUT2D eigenvalue weighted by molar-refractivity contribution is -0.138. The number of imide groups is 1. The summed E-state index contributed by atoms with van der Waals surface area (Å²) in [5.74, 6) is 0.905. The highest BCUT2D eigenvalue weighted by Gasteiger charge is 2.54. The van der Waals surface area contributed by atoms with E-state index in [1.54, 1.807) is 9.80 Å². The molecule has 8 heteroatoms. The molecule has 0 unspecified atom stereocenters. The number of aryl methyl sites for hydroxylation is 1. The van der Waals surface area contributed by atoms with Gasteiger partial charge in [-0.25, -0.2) is 9.78 Å². The van der Waals surface area contributed by atoms with E-state index >= 15 is 0 Å². The summed E-state index contributed by atoms with van der Waals surface area (Å²) in [4.78, 5) is 48.7. The number of carbonyl (C=O) groups is 3. The number of hydrogen-bond donors (Lipinski definition) is 2.